The Balaban J connectivity index is 1.26. The van der Waals surface area contributed by atoms with Crippen molar-refractivity contribution in [2.75, 3.05) is 13.2 Å². The Morgan fingerprint density at radius 2 is 1.25 bits per heavy atom. The van der Waals surface area contributed by atoms with E-state index in [0.717, 1.165) is 24.5 Å². The van der Waals surface area contributed by atoms with Crippen molar-refractivity contribution < 1.29 is 14.2 Å². The molecule has 0 bridgehead atoms. The molecule has 28 heavy (non-hydrogen) atoms. The first-order valence-corrected chi connectivity index (χ1v) is 12.8. The van der Waals surface area contributed by atoms with Gasteiger partial charge in [-0.25, -0.2) is 0 Å². The molecule has 1 atom stereocenters. The summed E-state index contributed by atoms with van der Waals surface area (Å²) in [5.74, 6) is 1.68. The molecule has 0 radical (unpaired) electrons. The van der Waals surface area contributed by atoms with Gasteiger partial charge in [-0.2, -0.15) is 0 Å². The van der Waals surface area contributed by atoms with Crippen LogP contribution in [-0.4, -0.2) is 19.5 Å². The van der Waals surface area contributed by atoms with Gasteiger partial charge in [-0.15, -0.1) is 11.3 Å². The minimum atomic E-state index is -0.238. The zero-order valence-corrected chi connectivity index (χ0v) is 18.9. The molecule has 0 N–H and O–H groups in total. The second-order valence-electron chi connectivity index (χ2n) is 8.13. The molecule has 1 unspecified atom stereocenters. The van der Waals surface area contributed by atoms with E-state index in [0.29, 0.717) is 6.61 Å². The van der Waals surface area contributed by atoms with Crippen molar-refractivity contribution in [1.82, 2.24) is 0 Å². The molecular formula is C24H42O3S. The van der Waals surface area contributed by atoms with Crippen LogP contribution in [0.1, 0.15) is 110 Å². The molecule has 0 amide bonds. The number of rotatable bonds is 18. The Morgan fingerprint density at radius 3 is 1.82 bits per heavy atom. The molecule has 0 saturated carbocycles. The minimum absolute atomic E-state index is 0.238. The monoisotopic (exact) mass is 410 g/mol. The van der Waals surface area contributed by atoms with Gasteiger partial charge >= 0.3 is 0 Å². The summed E-state index contributed by atoms with van der Waals surface area (Å²) in [4.78, 5) is 0. The van der Waals surface area contributed by atoms with E-state index >= 15 is 0 Å². The maximum absolute atomic E-state index is 5.79. The second kappa shape index (κ2) is 16.1. The Labute approximate surface area is 177 Å². The molecule has 3 nitrogen and oxygen atoms in total. The van der Waals surface area contributed by atoms with Gasteiger partial charge in [-0.1, -0.05) is 103 Å². The number of hydrogen-bond acceptors (Lipinski definition) is 4. The molecule has 0 fully saturated rings. The first-order valence-electron chi connectivity index (χ1n) is 11.9. The standard InChI is InChI=1S/C24H42O3S/c1-2-3-4-5-6-7-8-9-10-11-12-13-14-15-16-17-18-25-24-19-26-22-20-28-21-23(22)27-24/h20-21,24H,2-19H2,1H3. The molecule has 1 aliphatic rings. The van der Waals surface area contributed by atoms with E-state index in [4.69, 9.17) is 14.2 Å². The first-order chi connectivity index (χ1) is 13.9. The average Bonchev–Trinajstić information content (AvgIpc) is 3.18. The highest BCUT2D eigenvalue weighted by Gasteiger charge is 2.21. The zero-order valence-electron chi connectivity index (χ0n) is 18.1. The van der Waals surface area contributed by atoms with Crippen LogP contribution in [-0.2, 0) is 4.74 Å². The highest BCUT2D eigenvalue weighted by atomic mass is 32.1. The summed E-state index contributed by atoms with van der Waals surface area (Å²) in [5.41, 5.74) is 0. The van der Waals surface area contributed by atoms with Crippen LogP contribution in [0.4, 0.5) is 0 Å². The van der Waals surface area contributed by atoms with Crippen LogP contribution >= 0.6 is 11.3 Å². The van der Waals surface area contributed by atoms with E-state index in [1.54, 1.807) is 11.3 Å². The molecule has 0 saturated heterocycles. The lowest BCUT2D eigenvalue weighted by molar-refractivity contribution is -0.116. The Morgan fingerprint density at radius 1 is 0.750 bits per heavy atom. The predicted molar refractivity (Wildman–Crippen MR) is 120 cm³/mol. The normalized spacial score (nSPS) is 15.8. The molecule has 1 aliphatic heterocycles. The fourth-order valence-corrected chi connectivity index (χ4v) is 4.42. The van der Waals surface area contributed by atoms with Gasteiger partial charge in [0.15, 0.2) is 18.1 Å². The molecular weight excluding hydrogens is 368 g/mol. The molecule has 1 aromatic rings. The number of hydrogen-bond donors (Lipinski definition) is 0. The zero-order chi connectivity index (χ0) is 19.7. The average molecular weight is 411 g/mol. The van der Waals surface area contributed by atoms with Gasteiger partial charge < -0.3 is 14.2 Å². The number of thiophene rings is 1. The topological polar surface area (TPSA) is 27.7 Å². The van der Waals surface area contributed by atoms with Crippen molar-refractivity contribution in [3.05, 3.63) is 10.8 Å². The molecule has 2 heterocycles. The van der Waals surface area contributed by atoms with Gasteiger partial charge in [0, 0.05) is 10.8 Å². The summed E-state index contributed by atoms with van der Waals surface area (Å²) in [6.45, 7) is 3.56. The molecule has 0 aliphatic carbocycles. The third-order valence-electron chi connectivity index (χ3n) is 5.53. The van der Waals surface area contributed by atoms with E-state index < -0.39 is 0 Å². The lowest BCUT2D eigenvalue weighted by atomic mass is 10.0. The van der Waals surface area contributed by atoms with Crippen LogP contribution in [0.5, 0.6) is 11.5 Å². The number of unbranched alkanes of at least 4 members (excludes halogenated alkanes) is 15. The second-order valence-corrected chi connectivity index (χ2v) is 8.88. The van der Waals surface area contributed by atoms with Crippen molar-refractivity contribution in [2.45, 2.75) is 116 Å². The van der Waals surface area contributed by atoms with Crippen LogP contribution in [0, 0.1) is 0 Å². The first kappa shape index (κ1) is 23.5. The third-order valence-corrected chi connectivity index (χ3v) is 6.23. The molecule has 0 spiro atoms. The van der Waals surface area contributed by atoms with Gasteiger partial charge in [0.05, 0.1) is 6.61 Å². The van der Waals surface area contributed by atoms with Crippen LogP contribution < -0.4 is 9.47 Å². The van der Waals surface area contributed by atoms with Crippen LogP contribution in [0.25, 0.3) is 0 Å². The van der Waals surface area contributed by atoms with Gasteiger partial charge in [-0.05, 0) is 6.42 Å². The summed E-state index contributed by atoms with van der Waals surface area (Å²) >= 11 is 1.60. The van der Waals surface area contributed by atoms with Crippen molar-refractivity contribution >= 4 is 11.3 Å². The molecule has 162 valence electrons. The largest absolute Gasteiger partial charge is 0.482 e. The van der Waals surface area contributed by atoms with E-state index in [1.807, 2.05) is 10.8 Å². The number of fused-ring (bicyclic) bond motifs is 1. The summed E-state index contributed by atoms with van der Waals surface area (Å²) in [7, 11) is 0. The molecule has 1 aromatic heterocycles. The molecule has 4 heteroatoms. The third kappa shape index (κ3) is 10.7. The predicted octanol–water partition coefficient (Wildman–Crippen LogP) is 8.12. The van der Waals surface area contributed by atoms with E-state index in [2.05, 4.69) is 6.92 Å². The highest BCUT2D eigenvalue weighted by molar-refractivity contribution is 7.08. The van der Waals surface area contributed by atoms with Crippen LogP contribution in [0.3, 0.4) is 0 Å². The SMILES string of the molecule is CCCCCCCCCCCCCCCCCCOC1COc2cscc2O1. The Hall–Kier alpha value is -0.740. The van der Waals surface area contributed by atoms with Crippen molar-refractivity contribution in [3.63, 3.8) is 0 Å². The van der Waals surface area contributed by atoms with Crippen LogP contribution in [0.2, 0.25) is 0 Å². The maximum atomic E-state index is 5.79. The van der Waals surface area contributed by atoms with Gasteiger partial charge in [0.2, 0.25) is 6.29 Å². The van der Waals surface area contributed by atoms with Crippen molar-refractivity contribution in [2.24, 2.45) is 0 Å². The van der Waals surface area contributed by atoms with Gasteiger partial charge in [0.25, 0.3) is 0 Å². The smallest absolute Gasteiger partial charge is 0.234 e. The Kier molecular flexibility index (Phi) is 13.5. The van der Waals surface area contributed by atoms with Gasteiger partial charge in [-0.3, -0.25) is 0 Å². The van der Waals surface area contributed by atoms with E-state index in [-0.39, 0.29) is 6.29 Å². The summed E-state index contributed by atoms with van der Waals surface area (Å²) in [5, 5.41) is 3.95. The molecule has 0 aromatic carbocycles. The van der Waals surface area contributed by atoms with Crippen LogP contribution in [0.15, 0.2) is 10.8 Å². The highest BCUT2D eigenvalue weighted by Crippen LogP contribution is 2.35. The maximum Gasteiger partial charge on any atom is 0.234 e. The Bertz CT molecular complexity index is 474. The minimum Gasteiger partial charge on any atom is -0.482 e. The molecule has 2 rings (SSSR count). The van der Waals surface area contributed by atoms with E-state index in [9.17, 15) is 0 Å². The lowest BCUT2D eigenvalue weighted by Crippen LogP contribution is -2.31. The van der Waals surface area contributed by atoms with Crippen molar-refractivity contribution in [1.29, 1.82) is 0 Å². The van der Waals surface area contributed by atoms with Crippen molar-refractivity contribution in [3.8, 4) is 11.5 Å². The fourth-order valence-electron chi connectivity index (χ4n) is 3.75. The lowest BCUT2D eigenvalue weighted by Gasteiger charge is -2.24. The summed E-state index contributed by atoms with van der Waals surface area (Å²) in [6.07, 6.45) is 22.0. The summed E-state index contributed by atoms with van der Waals surface area (Å²) < 4.78 is 17.2. The summed E-state index contributed by atoms with van der Waals surface area (Å²) in [6, 6.07) is 0. The van der Waals surface area contributed by atoms with E-state index in [1.165, 1.54) is 96.3 Å². The number of ether oxygens (including phenoxy) is 3. The van der Waals surface area contributed by atoms with Gasteiger partial charge in [0.1, 0.15) is 0 Å². The fraction of sp³-hybridized carbons (Fsp3) is 0.833. The quantitative estimate of drug-likeness (QED) is 0.229.